The largest absolute Gasteiger partial charge is 0.349 e. The van der Waals surface area contributed by atoms with Crippen LogP contribution in [0.4, 0.5) is 10.5 Å². The van der Waals surface area contributed by atoms with Crippen molar-refractivity contribution < 1.29 is 18.0 Å². The lowest BCUT2D eigenvalue weighted by Crippen LogP contribution is -2.36. The van der Waals surface area contributed by atoms with E-state index in [4.69, 9.17) is 0 Å². The van der Waals surface area contributed by atoms with Gasteiger partial charge in [0.1, 0.15) is 5.69 Å². The first kappa shape index (κ1) is 20.1. The van der Waals surface area contributed by atoms with Gasteiger partial charge in [-0.05, 0) is 36.4 Å². The van der Waals surface area contributed by atoms with Crippen molar-refractivity contribution in [1.29, 1.82) is 0 Å². The molecule has 0 atom stereocenters. The normalized spacial score (nSPS) is 10.9. The zero-order valence-electron chi connectivity index (χ0n) is 15.3. The molecule has 9 nitrogen and oxygen atoms in total. The summed E-state index contributed by atoms with van der Waals surface area (Å²) in [6.45, 7) is 0.404. The minimum Gasteiger partial charge on any atom is -0.349 e. The first-order valence-corrected chi connectivity index (χ1v) is 10.2. The van der Waals surface area contributed by atoms with E-state index in [1.165, 1.54) is 36.5 Å². The second kappa shape index (κ2) is 9.02. The lowest BCUT2D eigenvalue weighted by atomic mass is 10.3. The fourth-order valence-corrected chi connectivity index (χ4v) is 3.81. The number of nitrogens with zero attached hydrogens (tertiary/aromatic N) is 1. The molecule has 0 fully saturated rings. The first-order chi connectivity index (χ1) is 14.0. The summed E-state index contributed by atoms with van der Waals surface area (Å²) < 4.78 is 25.3. The highest BCUT2D eigenvalue weighted by Gasteiger charge is 2.17. The Morgan fingerprint density at radius 3 is 2.34 bits per heavy atom. The molecule has 0 aliphatic heterocycles. The number of carbonyl (C=O) groups is 2. The Morgan fingerprint density at radius 1 is 0.897 bits per heavy atom. The van der Waals surface area contributed by atoms with E-state index in [1.54, 1.807) is 30.3 Å². The Labute approximate surface area is 167 Å². The molecule has 0 saturated heterocycles. The van der Waals surface area contributed by atoms with Gasteiger partial charge >= 0.3 is 6.03 Å². The van der Waals surface area contributed by atoms with E-state index < -0.39 is 15.9 Å². The third-order valence-corrected chi connectivity index (χ3v) is 5.66. The van der Waals surface area contributed by atoms with E-state index in [0.717, 1.165) is 0 Å². The van der Waals surface area contributed by atoms with Crippen molar-refractivity contribution in [2.24, 2.45) is 0 Å². The lowest BCUT2D eigenvalue weighted by Gasteiger charge is -2.10. The summed E-state index contributed by atoms with van der Waals surface area (Å²) >= 11 is 0. The van der Waals surface area contributed by atoms with Crippen LogP contribution in [0.15, 0.2) is 76.7 Å². The molecule has 4 N–H and O–H groups in total. The zero-order chi connectivity index (χ0) is 20.7. The van der Waals surface area contributed by atoms with E-state index in [0.29, 0.717) is 11.4 Å². The van der Waals surface area contributed by atoms with E-state index >= 15 is 0 Å². The number of urea groups is 1. The number of rotatable bonds is 7. The van der Waals surface area contributed by atoms with E-state index in [2.05, 4.69) is 26.1 Å². The molecule has 29 heavy (non-hydrogen) atoms. The summed E-state index contributed by atoms with van der Waals surface area (Å²) in [5.74, 6) is -0.330. The predicted octanol–water partition coefficient (Wildman–Crippen LogP) is 1.79. The quantitative estimate of drug-likeness (QED) is 0.438. The van der Waals surface area contributed by atoms with Gasteiger partial charge in [-0.1, -0.05) is 24.3 Å². The van der Waals surface area contributed by atoms with Gasteiger partial charge in [0.05, 0.1) is 9.79 Å². The van der Waals surface area contributed by atoms with E-state index in [1.807, 2.05) is 0 Å². The topological polar surface area (TPSA) is 133 Å². The van der Waals surface area contributed by atoms with E-state index in [9.17, 15) is 18.0 Å². The fourth-order valence-electron chi connectivity index (χ4n) is 2.48. The lowest BCUT2D eigenvalue weighted by molar-refractivity contribution is 0.0949. The molecule has 3 amide bonds. The summed E-state index contributed by atoms with van der Waals surface area (Å²) in [6.07, 6.45) is 1.47. The van der Waals surface area contributed by atoms with Gasteiger partial charge in [0.15, 0.2) is 0 Å². The molecule has 0 saturated carbocycles. The number of hydrogen-bond acceptors (Lipinski definition) is 5. The number of sulfone groups is 1. The third kappa shape index (κ3) is 5.20. The van der Waals surface area contributed by atoms with Crippen LogP contribution in [-0.2, 0) is 9.84 Å². The number of aromatic amines is 1. The molecule has 10 heteroatoms. The second-order valence-corrected chi connectivity index (χ2v) is 7.90. The third-order valence-electron chi connectivity index (χ3n) is 3.90. The van der Waals surface area contributed by atoms with Gasteiger partial charge in [-0.15, -0.1) is 0 Å². The molecular weight excluding hydrogens is 394 g/mol. The average molecular weight is 413 g/mol. The number of hydrogen-bond donors (Lipinski definition) is 4. The van der Waals surface area contributed by atoms with Gasteiger partial charge in [0.2, 0.25) is 9.84 Å². The number of carbonyl (C=O) groups excluding carboxylic acids is 2. The molecule has 0 radical (unpaired) electrons. The first-order valence-electron chi connectivity index (χ1n) is 8.69. The molecule has 1 heterocycles. The van der Waals surface area contributed by atoms with Crippen molar-refractivity contribution in [2.75, 3.05) is 18.4 Å². The highest BCUT2D eigenvalue weighted by molar-refractivity contribution is 7.91. The van der Waals surface area contributed by atoms with Crippen molar-refractivity contribution >= 4 is 27.5 Å². The Balaban J connectivity index is 1.53. The maximum atomic E-state index is 12.7. The number of nitrogens with one attached hydrogen (secondary N) is 4. The molecule has 0 aliphatic rings. The van der Waals surface area contributed by atoms with Crippen LogP contribution in [0, 0.1) is 0 Å². The molecule has 150 valence electrons. The minimum absolute atomic E-state index is 0.0771. The van der Waals surface area contributed by atoms with Crippen LogP contribution in [0.1, 0.15) is 10.5 Å². The van der Waals surface area contributed by atoms with Gasteiger partial charge in [0, 0.05) is 25.0 Å². The van der Waals surface area contributed by atoms with Crippen LogP contribution in [-0.4, -0.2) is 43.6 Å². The molecule has 2 aromatic carbocycles. The Morgan fingerprint density at radius 2 is 1.62 bits per heavy atom. The predicted molar refractivity (Wildman–Crippen MR) is 106 cm³/mol. The van der Waals surface area contributed by atoms with Crippen LogP contribution >= 0.6 is 0 Å². The summed E-state index contributed by atoms with van der Waals surface area (Å²) in [5.41, 5.74) is 0.659. The molecular formula is C19H19N5O4S. The van der Waals surface area contributed by atoms with Gasteiger partial charge in [-0.2, -0.15) is 5.10 Å². The molecule has 3 aromatic rings. The van der Waals surface area contributed by atoms with Crippen LogP contribution in [0.5, 0.6) is 0 Å². The van der Waals surface area contributed by atoms with Crippen LogP contribution < -0.4 is 16.0 Å². The molecule has 0 spiro atoms. The smallest absolute Gasteiger partial charge is 0.319 e. The van der Waals surface area contributed by atoms with Crippen molar-refractivity contribution in [3.05, 3.63) is 72.6 Å². The van der Waals surface area contributed by atoms with Crippen molar-refractivity contribution in [3.63, 3.8) is 0 Å². The monoisotopic (exact) mass is 413 g/mol. The molecule has 3 rings (SSSR count). The number of amides is 3. The Bertz CT molecular complexity index is 1080. The molecule has 0 unspecified atom stereocenters. The van der Waals surface area contributed by atoms with Crippen LogP contribution in [0.25, 0.3) is 0 Å². The van der Waals surface area contributed by atoms with Gasteiger partial charge in [-0.3, -0.25) is 9.89 Å². The summed E-state index contributed by atoms with van der Waals surface area (Å²) in [5, 5.41) is 14.0. The Hall–Kier alpha value is -3.66. The average Bonchev–Trinajstić information content (AvgIpc) is 3.27. The maximum absolute atomic E-state index is 12.7. The summed E-state index contributed by atoms with van der Waals surface area (Å²) in [7, 11) is -3.68. The second-order valence-electron chi connectivity index (χ2n) is 5.95. The van der Waals surface area contributed by atoms with Crippen LogP contribution in [0.3, 0.4) is 0 Å². The summed E-state index contributed by atoms with van der Waals surface area (Å²) in [6, 6.07) is 15.1. The minimum atomic E-state index is -3.68. The highest BCUT2D eigenvalue weighted by atomic mass is 32.2. The zero-order valence-corrected chi connectivity index (χ0v) is 16.1. The van der Waals surface area contributed by atoms with Gasteiger partial charge < -0.3 is 16.0 Å². The molecule has 0 bridgehead atoms. The van der Waals surface area contributed by atoms with Crippen molar-refractivity contribution in [3.8, 4) is 0 Å². The van der Waals surface area contributed by atoms with Crippen molar-refractivity contribution in [2.45, 2.75) is 9.79 Å². The van der Waals surface area contributed by atoms with Crippen LogP contribution in [0.2, 0.25) is 0 Å². The Kier molecular flexibility index (Phi) is 6.25. The van der Waals surface area contributed by atoms with E-state index in [-0.39, 0.29) is 28.8 Å². The SMILES string of the molecule is O=C(NCCNC(=O)c1ccn[nH]1)Nc1cccc(S(=O)(=O)c2ccccc2)c1. The highest BCUT2D eigenvalue weighted by Crippen LogP contribution is 2.23. The van der Waals surface area contributed by atoms with Crippen molar-refractivity contribution in [1.82, 2.24) is 20.8 Å². The number of H-pyrrole nitrogens is 1. The number of benzene rings is 2. The number of anilines is 1. The van der Waals surface area contributed by atoms with Gasteiger partial charge in [-0.25, -0.2) is 13.2 Å². The number of aromatic nitrogens is 2. The summed E-state index contributed by atoms with van der Waals surface area (Å²) in [4.78, 5) is 24.0. The van der Waals surface area contributed by atoms with Gasteiger partial charge in [0.25, 0.3) is 5.91 Å². The maximum Gasteiger partial charge on any atom is 0.319 e. The molecule has 0 aliphatic carbocycles. The standard InChI is InChI=1S/C19H19N5O4S/c25-18(17-9-10-22-24-17)20-11-12-21-19(26)23-14-5-4-8-16(13-14)29(27,28)15-6-2-1-3-7-15/h1-10,13H,11-12H2,(H,20,25)(H,22,24)(H2,21,23,26). The fraction of sp³-hybridized carbons (Fsp3) is 0.105. The molecule has 1 aromatic heterocycles.